The summed E-state index contributed by atoms with van der Waals surface area (Å²) in [6, 6.07) is 0.951. The van der Waals surface area contributed by atoms with Crippen molar-refractivity contribution in [1.29, 1.82) is 0 Å². The van der Waals surface area contributed by atoms with Gasteiger partial charge in [0, 0.05) is 39.3 Å². The molecule has 1 aromatic rings. The minimum absolute atomic E-state index is 0.0134. The summed E-state index contributed by atoms with van der Waals surface area (Å²) < 4.78 is 15.9. The van der Waals surface area contributed by atoms with E-state index in [1.54, 1.807) is 0 Å². The molecule has 0 saturated heterocycles. The van der Waals surface area contributed by atoms with Crippen LogP contribution in [0.3, 0.4) is 0 Å². The molecule has 0 saturated carbocycles. The summed E-state index contributed by atoms with van der Waals surface area (Å²) in [5.41, 5.74) is -0.742. The van der Waals surface area contributed by atoms with Gasteiger partial charge in [0.05, 0.1) is 29.1 Å². The Morgan fingerprint density at radius 2 is 1.72 bits per heavy atom. The zero-order valence-corrected chi connectivity index (χ0v) is 22.5. The van der Waals surface area contributed by atoms with E-state index >= 15 is 0 Å². The fourth-order valence-corrected chi connectivity index (χ4v) is 5.00. The standard InChI is InChI=1S/C21H30BrClN2O6Si/c1-29-15(26)6-8-21(9-7-16(27)30-2)17-18(23)14(22)12-24-19(17)25(20(21)28)13-31-10-11-32(3,4)5/h12H,6-11,13H2,1-5H3. The van der Waals surface area contributed by atoms with Crippen molar-refractivity contribution >= 4 is 59.3 Å². The van der Waals surface area contributed by atoms with Gasteiger partial charge in [0.2, 0.25) is 5.91 Å². The third-order valence-electron chi connectivity index (χ3n) is 5.53. The van der Waals surface area contributed by atoms with Gasteiger partial charge in [-0.2, -0.15) is 0 Å². The lowest BCUT2D eigenvalue weighted by Crippen LogP contribution is -2.42. The second-order valence-electron chi connectivity index (χ2n) is 8.93. The summed E-state index contributed by atoms with van der Waals surface area (Å²) in [4.78, 5) is 43.6. The van der Waals surface area contributed by atoms with Gasteiger partial charge < -0.3 is 14.2 Å². The van der Waals surface area contributed by atoms with Gasteiger partial charge in [-0.15, -0.1) is 0 Å². The SMILES string of the molecule is COC(=O)CCC1(CCC(=O)OC)C(=O)N(COCC[Si](C)(C)C)c2ncc(Br)c(Cl)c21. The Bertz CT molecular complexity index is 857. The normalized spacial score (nSPS) is 15.0. The molecule has 1 aliphatic rings. The molecule has 0 spiro atoms. The number of nitrogens with zero attached hydrogens (tertiary/aromatic N) is 2. The second kappa shape index (κ2) is 11.1. The molecule has 0 radical (unpaired) electrons. The van der Waals surface area contributed by atoms with Crippen LogP contribution >= 0.6 is 27.5 Å². The van der Waals surface area contributed by atoms with Crippen LogP contribution in [0.2, 0.25) is 30.7 Å². The molecule has 0 aliphatic carbocycles. The summed E-state index contributed by atoms with van der Waals surface area (Å²) >= 11 is 10.0. The van der Waals surface area contributed by atoms with E-state index in [1.807, 2.05) is 0 Å². The maximum Gasteiger partial charge on any atom is 0.305 e. The van der Waals surface area contributed by atoms with Gasteiger partial charge in [0.1, 0.15) is 12.5 Å². The first-order chi connectivity index (χ1) is 15.0. The molecule has 0 aromatic carbocycles. The van der Waals surface area contributed by atoms with Crippen LogP contribution in [0.1, 0.15) is 31.2 Å². The predicted octanol–water partition coefficient (Wildman–Crippen LogP) is 4.30. The monoisotopic (exact) mass is 548 g/mol. The van der Waals surface area contributed by atoms with Crippen molar-refractivity contribution in [3.8, 4) is 0 Å². The van der Waals surface area contributed by atoms with E-state index in [0.29, 0.717) is 27.5 Å². The molecule has 0 atom stereocenters. The molecule has 1 aromatic heterocycles. The highest BCUT2D eigenvalue weighted by Crippen LogP contribution is 2.51. The van der Waals surface area contributed by atoms with Gasteiger partial charge in [-0.3, -0.25) is 19.3 Å². The molecule has 1 amide bonds. The lowest BCUT2D eigenvalue weighted by Gasteiger charge is -2.28. The number of carbonyl (C=O) groups excluding carboxylic acids is 3. The Morgan fingerprint density at radius 3 is 2.22 bits per heavy atom. The molecule has 0 bridgehead atoms. The summed E-state index contributed by atoms with van der Waals surface area (Å²) in [5, 5.41) is 0.322. The van der Waals surface area contributed by atoms with Crippen molar-refractivity contribution in [2.75, 3.05) is 32.5 Å². The van der Waals surface area contributed by atoms with E-state index in [2.05, 4.69) is 40.6 Å². The van der Waals surface area contributed by atoms with E-state index in [1.165, 1.54) is 25.3 Å². The van der Waals surface area contributed by atoms with E-state index in [4.69, 9.17) is 25.8 Å². The Morgan fingerprint density at radius 1 is 1.16 bits per heavy atom. The Balaban J connectivity index is 2.44. The smallest absolute Gasteiger partial charge is 0.305 e. The fraction of sp³-hybridized carbons (Fsp3) is 0.619. The van der Waals surface area contributed by atoms with Crippen molar-refractivity contribution in [3.63, 3.8) is 0 Å². The number of amides is 1. The number of halogens is 2. The van der Waals surface area contributed by atoms with Crippen molar-refractivity contribution in [1.82, 2.24) is 4.98 Å². The Labute approximate surface area is 203 Å². The molecule has 2 rings (SSSR count). The lowest BCUT2D eigenvalue weighted by atomic mass is 9.74. The van der Waals surface area contributed by atoms with E-state index < -0.39 is 25.4 Å². The number of pyridine rings is 1. The number of fused-ring (bicyclic) bond motifs is 1. The summed E-state index contributed by atoms with van der Waals surface area (Å²) in [5.74, 6) is -0.840. The largest absolute Gasteiger partial charge is 0.469 e. The molecule has 11 heteroatoms. The Kier molecular flexibility index (Phi) is 9.27. The topological polar surface area (TPSA) is 95.0 Å². The first kappa shape index (κ1) is 26.8. The number of carbonyl (C=O) groups is 3. The number of rotatable bonds is 11. The molecule has 2 heterocycles. The average molecular weight is 550 g/mol. The van der Waals surface area contributed by atoms with Crippen LogP contribution in [0.25, 0.3) is 0 Å². The molecule has 0 unspecified atom stereocenters. The van der Waals surface area contributed by atoms with Crippen LogP contribution in [-0.2, 0) is 34.0 Å². The van der Waals surface area contributed by atoms with Gasteiger partial charge in [-0.1, -0.05) is 31.2 Å². The molecule has 8 nitrogen and oxygen atoms in total. The highest BCUT2D eigenvalue weighted by atomic mass is 79.9. The average Bonchev–Trinajstić information content (AvgIpc) is 2.98. The van der Waals surface area contributed by atoms with Crippen LogP contribution < -0.4 is 4.90 Å². The van der Waals surface area contributed by atoms with Crippen LogP contribution in [0.5, 0.6) is 0 Å². The first-order valence-corrected chi connectivity index (χ1v) is 15.2. The predicted molar refractivity (Wildman–Crippen MR) is 128 cm³/mol. The summed E-state index contributed by atoms with van der Waals surface area (Å²) in [6.45, 7) is 7.28. The maximum atomic E-state index is 13.8. The number of hydrogen-bond acceptors (Lipinski definition) is 7. The second-order valence-corrected chi connectivity index (χ2v) is 15.8. The number of esters is 2. The van der Waals surface area contributed by atoms with Crippen molar-refractivity contribution in [2.45, 2.75) is 56.8 Å². The fourth-order valence-electron chi connectivity index (χ4n) is 3.62. The van der Waals surface area contributed by atoms with Gasteiger partial charge in [0.25, 0.3) is 0 Å². The van der Waals surface area contributed by atoms with E-state index in [-0.39, 0.29) is 38.3 Å². The molecule has 32 heavy (non-hydrogen) atoms. The van der Waals surface area contributed by atoms with Crippen molar-refractivity contribution in [2.24, 2.45) is 0 Å². The minimum atomic E-state index is -1.30. The highest BCUT2D eigenvalue weighted by Gasteiger charge is 2.53. The van der Waals surface area contributed by atoms with E-state index in [0.717, 1.165) is 6.04 Å². The molecule has 0 N–H and O–H groups in total. The number of hydrogen-bond donors (Lipinski definition) is 0. The highest BCUT2D eigenvalue weighted by molar-refractivity contribution is 9.10. The van der Waals surface area contributed by atoms with Crippen LogP contribution in [-0.4, -0.2) is 58.5 Å². The summed E-state index contributed by atoms with van der Waals surface area (Å²) in [6.07, 6.45) is 1.73. The zero-order valence-electron chi connectivity index (χ0n) is 19.1. The molecule has 1 aliphatic heterocycles. The molecule has 0 fully saturated rings. The molecular formula is C21H30BrClN2O6Si. The third kappa shape index (κ3) is 6.09. The van der Waals surface area contributed by atoms with Gasteiger partial charge >= 0.3 is 11.9 Å². The van der Waals surface area contributed by atoms with Crippen LogP contribution in [0.4, 0.5) is 5.82 Å². The van der Waals surface area contributed by atoms with Crippen LogP contribution in [0, 0.1) is 0 Å². The van der Waals surface area contributed by atoms with Crippen molar-refractivity contribution in [3.05, 3.63) is 21.3 Å². The van der Waals surface area contributed by atoms with Gasteiger partial charge in [0.15, 0.2) is 0 Å². The third-order valence-corrected chi connectivity index (χ3v) is 8.45. The lowest BCUT2D eigenvalue weighted by molar-refractivity contribution is -0.141. The number of ether oxygens (including phenoxy) is 3. The van der Waals surface area contributed by atoms with Gasteiger partial charge in [-0.25, -0.2) is 4.98 Å². The minimum Gasteiger partial charge on any atom is -0.469 e. The molecular weight excluding hydrogens is 520 g/mol. The van der Waals surface area contributed by atoms with Crippen molar-refractivity contribution < 1.29 is 28.6 Å². The maximum absolute atomic E-state index is 13.8. The number of anilines is 1. The quantitative estimate of drug-likeness (QED) is 0.231. The number of aromatic nitrogens is 1. The Hall–Kier alpha value is -1.49. The first-order valence-electron chi connectivity index (χ1n) is 10.3. The molecule has 178 valence electrons. The van der Waals surface area contributed by atoms with Crippen LogP contribution in [0.15, 0.2) is 10.7 Å². The number of methoxy groups -OCH3 is 2. The van der Waals surface area contributed by atoms with E-state index in [9.17, 15) is 14.4 Å². The zero-order chi connectivity index (χ0) is 24.1. The van der Waals surface area contributed by atoms with Gasteiger partial charge in [-0.05, 0) is 34.8 Å². The summed E-state index contributed by atoms with van der Waals surface area (Å²) in [7, 11) is 1.28.